The van der Waals surface area contributed by atoms with Gasteiger partial charge in [-0.3, -0.25) is 4.79 Å². The molecule has 1 aliphatic heterocycles. The molecule has 0 saturated carbocycles. The molecule has 3 rings (SSSR count). The largest absolute Gasteiger partial charge is 0.465 e. The number of hydrogen-bond acceptors (Lipinski definition) is 4. The van der Waals surface area contributed by atoms with Gasteiger partial charge in [-0.05, 0) is 54.7 Å². The Kier molecular flexibility index (Phi) is 6.24. The minimum atomic E-state index is -0.366. The predicted octanol–water partition coefficient (Wildman–Crippen LogP) is 3.78. The molecule has 1 saturated heterocycles. The average molecular weight is 367 g/mol. The Morgan fingerprint density at radius 2 is 1.85 bits per heavy atom. The number of methoxy groups -OCH3 is 1. The summed E-state index contributed by atoms with van der Waals surface area (Å²) in [5.74, 6) is -0.380. The quantitative estimate of drug-likeness (QED) is 0.755. The first kappa shape index (κ1) is 19.1. The molecule has 5 heteroatoms. The van der Waals surface area contributed by atoms with E-state index in [-0.39, 0.29) is 18.0 Å². The zero-order valence-electron chi connectivity index (χ0n) is 15.8. The Morgan fingerprint density at radius 1 is 1.07 bits per heavy atom. The van der Waals surface area contributed by atoms with Crippen LogP contribution in [-0.4, -0.2) is 50.2 Å². The number of likely N-dealkylation sites (N-methyl/N-ethyl adjacent to an activating group) is 1. The van der Waals surface area contributed by atoms with Gasteiger partial charge in [0, 0.05) is 25.8 Å². The van der Waals surface area contributed by atoms with E-state index in [2.05, 4.69) is 0 Å². The van der Waals surface area contributed by atoms with Gasteiger partial charge in [0.05, 0.1) is 18.8 Å². The Balaban J connectivity index is 1.69. The third-order valence-corrected chi connectivity index (χ3v) is 4.85. The van der Waals surface area contributed by atoms with E-state index in [1.54, 1.807) is 17.0 Å². The van der Waals surface area contributed by atoms with Gasteiger partial charge in [-0.1, -0.05) is 24.3 Å². The van der Waals surface area contributed by atoms with E-state index in [9.17, 15) is 9.59 Å². The molecule has 1 amide bonds. The fourth-order valence-corrected chi connectivity index (χ4v) is 3.31. The molecule has 5 nitrogen and oxygen atoms in total. The highest BCUT2D eigenvalue weighted by molar-refractivity contribution is 5.95. The highest BCUT2D eigenvalue weighted by atomic mass is 16.5. The van der Waals surface area contributed by atoms with Crippen LogP contribution in [0.15, 0.2) is 48.5 Å². The number of benzene rings is 2. The van der Waals surface area contributed by atoms with Crippen LogP contribution in [0.3, 0.4) is 0 Å². The Hall–Kier alpha value is -2.66. The van der Waals surface area contributed by atoms with Crippen LogP contribution >= 0.6 is 0 Å². The lowest BCUT2D eigenvalue weighted by atomic mass is 10.0. The summed E-state index contributed by atoms with van der Waals surface area (Å²) >= 11 is 0. The van der Waals surface area contributed by atoms with E-state index in [1.165, 1.54) is 7.11 Å². The minimum absolute atomic E-state index is 0.0148. The molecule has 0 aliphatic carbocycles. The average Bonchev–Trinajstić information content (AvgIpc) is 2.73. The Bertz CT molecular complexity index is 794. The summed E-state index contributed by atoms with van der Waals surface area (Å²) in [6.07, 6.45) is 3.40. The van der Waals surface area contributed by atoms with Gasteiger partial charge in [-0.25, -0.2) is 4.79 Å². The fourth-order valence-electron chi connectivity index (χ4n) is 3.31. The van der Waals surface area contributed by atoms with E-state index < -0.39 is 0 Å². The second-order valence-corrected chi connectivity index (χ2v) is 6.82. The molecule has 0 bridgehead atoms. The van der Waals surface area contributed by atoms with Gasteiger partial charge in [0.25, 0.3) is 5.91 Å². The van der Waals surface area contributed by atoms with Gasteiger partial charge in [-0.2, -0.15) is 0 Å². The van der Waals surface area contributed by atoms with Crippen LogP contribution in [0.1, 0.15) is 40.0 Å². The normalized spacial score (nSPS) is 16.6. The standard InChI is InChI=1S/C22H25NO4/c1-23(15-20-8-3-4-13-27-20)21(24)17-11-9-16(10-12-17)18-6-5-7-19(14-18)22(25)26-2/h5-7,9-12,14,20H,3-4,8,13,15H2,1-2H3. The summed E-state index contributed by atoms with van der Waals surface area (Å²) in [7, 11) is 3.18. The van der Waals surface area contributed by atoms with Crippen LogP contribution in [-0.2, 0) is 9.47 Å². The van der Waals surface area contributed by atoms with Crippen molar-refractivity contribution in [3.8, 4) is 11.1 Å². The number of carbonyl (C=O) groups is 2. The minimum Gasteiger partial charge on any atom is -0.465 e. The van der Waals surface area contributed by atoms with E-state index >= 15 is 0 Å². The molecule has 1 heterocycles. The van der Waals surface area contributed by atoms with Crippen LogP contribution in [0.5, 0.6) is 0 Å². The van der Waals surface area contributed by atoms with Crippen LogP contribution in [0.25, 0.3) is 11.1 Å². The number of ether oxygens (including phenoxy) is 2. The second-order valence-electron chi connectivity index (χ2n) is 6.82. The van der Waals surface area contributed by atoms with Gasteiger partial charge in [-0.15, -0.1) is 0 Å². The first-order valence-electron chi connectivity index (χ1n) is 9.24. The first-order valence-corrected chi connectivity index (χ1v) is 9.24. The highest BCUT2D eigenvalue weighted by Crippen LogP contribution is 2.22. The third-order valence-electron chi connectivity index (χ3n) is 4.85. The number of amides is 1. The van der Waals surface area contributed by atoms with E-state index in [0.717, 1.165) is 37.0 Å². The number of nitrogens with zero attached hydrogens (tertiary/aromatic N) is 1. The Labute approximate surface area is 159 Å². The van der Waals surface area contributed by atoms with Crippen molar-refractivity contribution in [1.29, 1.82) is 0 Å². The van der Waals surface area contributed by atoms with E-state index in [4.69, 9.17) is 9.47 Å². The van der Waals surface area contributed by atoms with Crippen molar-refractivity contribution in [2.24, 2.45) is 0 Å². The molecule has 0 aromatic heterocycles. The van der Waals surface area contributed by atoms with Crippen molar-refractivity contribution in [3.05, 3.63) is 59.7 Å². The lowest BCUT2D eigenvalue weighted by Crippen LogP contribution is -2.37. The first-order chi connectivity index (χ1) is 13.1. The van der Waals surface area contributed by atoms with E-state index in [1.807, 2.05) is 43.4 Å². The summed E-state index contributed by atoms with van der Waals surface area (Å²) in [5, 5.41) is 0. The number of rotatable bonds is 5. The number of hydrogen-bond donors (Lipinski definition) is 0. The molecule has 0 N–H and O–H groups in total. The fraction of sp³-hybridized carbons (Fsp3) is 0.364. The summed E-state index contributed by atoms with van der Waals surface area (Å²) < 4.78 is 10.5. The molecule has 1 atom stereocenters. The SMILES string of the molecule is COC(=O)c1cccc(-c2ccc(C(=O)N(C)CC3CCCCO3)cc2)c1. The summed E-state index contributed by atoms with van der Waals surface area (Å²) in [5.41, 5.74) is 2.99. The zero-order chi connectivity index (χ0) is 19.2. The van der Waals surface area contributed by atoms with Crippen LogP contribution in [0, 0.1) is 0 Å². The molecule has 2 aromatic rings. The molecule has 0 radical (unpaired) electrons. The molecule has 2 aromatic carbocycles. The molecule has 27 heavy (non-hydrogen) atoms. The number of carbonyl (C=O) groups excluding carboxylic acids is 2. The lowest BCUT2D eigenvalue weighted by molar-refractivity contribution is -0.000187. The topological polar surface area (TPSA) is 55.8 Å². The smallest absolute Gasteiger partial charge is 0.337 e. The molecule has 1 unspecified atom stereocenters. The maximum atomic E-state index is 12.7. The molecular weight excluding hydrogens is 342 g/mol. The molecule has 142 valence electrons. The van der Waals surface area contributed by atoms with Crippen molar-refractivity contribution < 1.29 is 19.1 Å². The number of esters is 1. The highest BCUT2D eigenvalue weighted by Gasteiger charge is 2.19. The van der Waals surface area contributed by atoms with E-state index in [0.29, 0.717) is 17.7 Å². The van der Waals surface area contributed by atoms with Crippen LogP contribution in [0.2, 0.25) is 0 Å². The maximum Gasteiger partial charge on any atom is 0.337 e. The zero-order valence-corrected chi connectivity index (χ0v) is 15.8. The van der Waals surface area contributed by atoms with Crippen LogP contribution in [0.4, 0.5) is 0 Å². The second kappa shape index (κ2) is 8.82. The van der Waals surface area contributed by atoms with Gasteiger partial charge in [0.1, 0.15) is 0 Å². The van der Waals surface area contributed by atoms with Crippen molar-refractivity contribution in [1.82, 2.24) is 4.90 Å². The van der Waals surface area contributed by atoms with Gasteiger partial charge >= 0.3 is 5.97 Å². The molecule has 1 fully saturated rings. The van der Waals surface area contributed by atoms with Gasteiger partial charge in [0.2, 0.25) is 0 Å². The van der Waals surface area contributed by atoms with Gasteiger partial charge in [0.15, 0.2) is 0 Å². The molecular formula is C22H25NO4. The van der Waals surface area contributed by atoms with Crippen molar-refractivity contribution >= 4 is 11.9 Å². The van der Waals surface area contributed by atoms with Crippen molar-refractivity contribution in [2.75, 3.05) is 27.3 Å². The third kappa shape index (κ3) is 4.74. The summed E-state index contributed by atoms with van der Waals surface area (Å²) in [6.45, 7) is 1.40. The van der Waals surface area contributed by atoms with Crippen LogP contribution < -0.4 is 0 Å². The maximum absolute atomic E-state index is 12.7. The summed E-state index contributed by atoms with van der Waals surface area (Å²) in [6, 6.07) is 14.7. The van der Waals surface area contributed by atoms with Crippen molar-refractivity contribution in [2.45, 2.75) is 25.4 Å². The van der Waals surface area contributed by atoms with Crippen molar-refractivity contribution in [3.63, 3.8) is 0 Å². The Morgan fingerprint density at radius 3 is 2.52 bits per heavy atom. The molecule has 1 aliphatic rings. The summed E-state index contributed by atoms with van der Waals surface area (Å²) in [4.78, 5) is 26.1. The molecule has 0 spiro atoms. The monoisotopic (exact) mass is 367 g/mol. The van der Waals surface area contributed by atoms with Gasteiger partial charge < -0.3 is 14.4 Å². The lowest BCUT2D eigenvalue weighted by Gasteiger charge is -2.27. The predicted molar refractivity (Wildman–Crippen MR) is 104 cm³/mol.